The summed E-state index contributed by atoms with van der Waals surface area (Å²) < 4.78 is 5.39. The first kappa shape index (κ1) is 32.2. The number of terminal acetylenes is 1. The van der Waals surface area contributed by atoms with Crippen LogP contribution in [-0.2, 0) is 19.1 Å². The highest BCUT2D eigenvalue weighted by Gasteiger charge is 2.69. The predicted molar refractivity (Wildman–Crippen MR) is 148 cm³/mol. The maximum absolute atomic E-state index is 13.9. The van der Waals surface area contributed by atoms with Crippen molar-refractivity contribution in [2.75, 3.05) is 13.1 Å². The van der Waals surface area contributed by atoms with Crippen LogP contribution < -0.4 is 16.0 Å². The number of amides is 4. The van der Waals surface area contributed by atoms with Crippen molar-refractivity contribution in [1.82, 2.24) is 20.9 Å². The number of carbonyl (C=O) groups is 4. The molecule has 1 saturated carbocycles. The molecule has 10 nitrogen and oxygen atoms in total. The summed E-state index contributed by atoms with van der Waals surface area (Å²) in [5.74, 6) is 0.954. The van der Waals surface area contributed by atoms with Crippen LogP contribution in [0.3, 0.4) is 0 Å². The molecular weight excluding hydrogens is 500 g/mol. The Kier molecular flexibility index (Phi) is 9.88. The number of nitrogens with zero attached hydrogens (tertiary/aromatic N) is 1. The highest BCUT2D eigenvalue weighted by molar-refractivity contribution is 5.94. The van der Waals surface area contributed by atoms with Crippen molar-refractivity contribution in [2.45, 2.75) is 98.1 Å². The van der Waals surface area contributed by atoms with Gasteiger partial charge in [-0.25, -0.2) is 4.79 Å². The van der Waals surface area contributed by atoms with Gasteiger partial charge < -0.3 is 30.7 Å². The summed E-state index contributed by atoms with van der Waals surface area (Å²) in [5, 5.41) is 18.7. The lowest BCUT2D eigenvalue weighted by Crippen LogP contribution is -2.61. The number of hydrogen-bond donors (Lipinski definition) is 4. The number of alkyl carbamates (subject to hydrolysis) is 1. The van der Waals surface area contributed by atoms with E-state index in [1.165, 1.54) is 11.0 Å². The number of hydrogen-bond acceptors (Lipinski definition) is 6. The van der Waals surface area contributed by atoms with E-state index < -0.39 is 53.2 Å². The minimum atomic E-state index is -1.54. The van der Waals surface area contributed by atoms with Gasteiger partial charge in [0.25, 0.3) is 5.91 Å². The Balaban J connectivity index is 2.32. The third-order valence-electron chi connectivity index (χ3n) is 7.53. The molecule has 1 aliphatic heterocycles. The lowest BCUT2D eigenvalue weighted by atomic mass is 9.85. The molecule has 0 spiro atoms. The molecule has 10 heteroatoms. The first-order chi connectivity index (χ1) is 17.9. The molecular formula is C29H46N4O6. The number of fused-ring (bicyclic) bond motifs is 1. The predicted octanol–water partition coefficient (Wildman–Crippen LogP) is 1.97. The minimum Gasteiger partial charge on any atom is -0.444 e. The van der Waals surface area contributed by atoms with Crippen LogP contribution in [0.15, 0.2) is 12.7 Å². The first-order valence-corrected chi connectivity index (χ1v) is 13.5. The standard InChI is InChI=1S/C29H46N4O6/c1-11-13-14-18(21(34)24(36)30-15-12-2)31-23(35)20-19-17(29(19,9)10)16-33(20)25(37)22(27(3,4)5)32-26(38)39-28(6,7)8/h1,12,17-22,34H,2,13-16H2,3-10H3,(H,30,36)(H,31,35)(H,32,38)/t17?,18?,19-,20-,21?,22+/m0/s1. The van der Waals surface area contributed by atoms with E-state index in [0.29, 0.717) is 6.54 Å². The molecule has 1 aliphatic carbocycles. The van der Waals surface area contributed by atoms with Gasteiger partial charge in [0.1, 0.15) is 17.7 Å². The number of ether oxygens (including phenoxy) is 1. The van der Waals surface area contributed by atoms with E-state index in [2.05, 4.69) is 42.3 Å². The minimum absolute atomic E-state index is 0.101. The fourth-order valence-electron chi connectivity index (χ4n) is 5.33. The molecule has 4 N–H and O–H groups in total. The first-order valence-electron chi connectivity index (χ1n) is 13.5. The molecule has 6 atom stereocenters. The Morgan fingerprint density at radius 3 is 2.31 bits per heavy atom. The summed E-state index contributed by atoms with van der Waals surface area (Å²) in [6, 6.07) is -2.73. The van der Waals surface area contributed by atoms with Gasteiger partial charge in [-0.05, 0) is 49.9 Å². The summed E-state index contributed by atoms with van der Waals surface area (Å²) >= 11 is 0. The zero-order valence-electron chi connectivity index (χ0n) is 24.6. The Labute approximate surface area is 232 Å². The van der Waals surface area contributed by atoms with Crippen LogP contribution in [0.25, 0.3) is 0 Å². The second-order valence-electron chi connectivity index (χ2n) is 13.2. The van der Waals surface area contributed by atoms with Gasteiger partial charge in [0.15, 0.2) is 6.10 Å². The van der Waals surface area contributed by atoms with E-state index in [1.807, 2.05) is 20.8 Å². The van der Waals surface area contributed by atoms with Gasteiger partial charge >= 0.3 is 6.09 Å². The van der Waals surface area contributed by atoms with Crippen molar-refractivity contribution in [3.63, 3.8) is 0 Å². The Hall–Kier alpha value is -3.06. The van der Waals surface area contributed by atoms with Crippen LogP contribution in [0.5, 0.6) is 0 Å². The maximum Gasteiger partial charge on any atom is 0.408 e. The van der Waals surface area contributed by atoms with E-state index in [-0.39, 0.29) is 42.5 Å². The molecule has 2 rings (SSSR count). The van der Waals surface area contributed by atoms with E-state index in [4.69, 9.17) is 11.2 Å². The van der Waals surface area contributed by atoms with Gasteiger partial charge in [-0.2, -0.15) is 0 Å². The van der Waals surface area contributed by atoms with Gasteiger partial charge in [0.2, 0.25) is 11.8 Å². The molecule has 1 saturated heterocycles. The molecule has 218 valence electrons. The average Bonchev–Trinajstić information content (AvgIpc) is 3.14. The molecule has 3 unspecified atom stereocenters. The fraction of sp³-hybridized carbons (Fsp3) is 0.724. The largest absolute Gasteiger partial charge is 0.444 e. The summed E-state index contributed by atoms with van der Waals surface area (Å²) in [5.41, 5.74) is -1.58. The monoisotopic (exact) mass is 546 g/mol. The van der Waals surface area contributed by atoms with Crippen molar-refractivity contribution in [2.24, 2.45) is 22.7 Å². The summed E-state index contributed by atoms with van der Waals surface area (Å²) in [4.78, 5) is 54.2. The molecule has 0 aromatic rings. The van der Waals surface area contributed by atoms with Crippen molar-refractivity contribution in [3.05, 3.63) is 12.7 Å². The third kappa shape index (κ3) is 7.75. The van der Waals surface area contributed by atoms with E-state index >= 15 is 0 Å². The molecule has 4 amide bonds. The lowest BCUT2D eigenvalue weighted by molar-refractivity contribution is -0.145. The molecule has 2 aliphatic rings. The smallest absolute Gasteiger partial charge is 0.408 e. The normalized spacial score (nSPS) is 23.8. The number of aliphatic hydroxyl groups excluding tert-OH is 1. The zero-order valence-corrected chi connectivity index (χ0v) is 24.6. The number of nitrogens with one attached hydrogen (secondary N) is 3. The lowest BCUT2D eigenvalue weighted by Gasteiger charge is -2.38. The number of carbonyl (C=O) groups excluding carboxylic acids is 4. The van der Waals surface area contributed by atoms with Crippen molar-refractivity contribution >= 4 is 23.8 Å². The van der Waals surface area contributed by atoms with Crippen LogP contribution >= 0.6 is 0 Å². The number of rotatable bonds is 10. The van der Waals surface area contributed by atoms with E-state index in [1.54, 1.807) is 20.8 Å². The number of aliphatic hydroxyl groups is 1. The summed E-state index contributed by atoms with van der Waals surface area (Å²) in [6.07, 6.45) is 5.04. The van der Waals surface area contributed by atoms with Crippen molar-refractivity contribution in [3.8, 4) is 12.3 Å². The van der Waals surface area contributed by atoms with Crippen LogP contribution in [0.4, 0.5) is 4.79 Å². The summed E-state index contributed by atoms with van der Waals surface area (Å²) in [6.45, 7) is 18.9. The maximum atomic E-state index is 13.9. The topological polar surface area (TPSA) is 137 Å². The van der Waals surface area contributed by atoms with Gasteiger partial charge in [-0.1, -0.05) is 40.7 Å². The van der Waals surface area contributed by atoms with Crippen LogP contribution in [0, 0.1) is 35.0 Å². The van der Waals surface area contributed by atoms with Gasteiger partial charge in [0, 0.05) is 19.5 Å². The van der Waals surface area contributed by atoms with E-state index in [0.717, 1.165) is 0 Å². The fourth-order valence-corrected chi connectivity index (χ4v) is 5.33. The number of likely N-dealkylation sites (tertiary alicyclic amines) is 1. The second kappa shape index (κ2) is 12.0. The Morgan fingerprint density at radius 2 is 1.79 bits per heavy atom. The quantitative estimate of drug-likeness (QED) is 0.244. The molecule has 1 heterocycles. The molecule has 0 aromatic carbocycles. The van der Waals surface area contributed by atoms with Crippen LogP contribution in [0.1, 0.15) is 68.2 Å². The van der Waals surface area contributed by atoms with Gasteiger partial charge in [0.05, 0.1) is 6.04 Å². The van der Waals surface area contributed by atoms with Crippen LogP contribution in [0.2, 0.25) is 0 Å². The van der Waals surface area contributed by atoms with Crippen molar-refractivity contribution in [1.29, 1.82) is 0 Å². The molecule has 0 aromatic heterocycles. The average molecular weight is 547 g/mol. The zero-order chi connectivity index (χ0) is 29.9. The molecule has 2 fully saturated rings. The number of piperidine rings is 1. The highest BCUT2D eigenvalue weighted by atomic mass is 16.6. The SMILES string of the molecule is C#CCCC(NC(=O)[C@@H]1[C@@H]2C(CN1C(=O)[C@@H](NC(=O)OC(C)(C)C)C(C)(C)C)C2(C)C)C(O)C(=O)NCC=C. The van der Waals surface area contributed by atoms with E-state index in [9.17, 15) is 24.3 Å². The molecule has 0 radical (unpaired) electrons. The highest BCUT2D eigenvalue weighted by Crippen LogP contribution is 2.65. The van der Waals surface area contributed by atoms with Crippen molar-refractivity contribution < 1.29 is 29.0 Å². The Morgan fingerprint density at radius 1 is 1.18 bits per heavy atom. The van der Waals surface area contributed by atoms with Gasteiger partial charge in [-0.15, -0.1) is 18.9 Å². The summed E-state index contributed by atoms with van der Waals surface area (Å²) in [7, 11) is 0. The molecule has 0 bridgehead atoms. The van der Waals surface area contributed by atoms with Crippen LogP contribution in [-0.4, -0.2) is 76.7 Å². The second-order valence-corrected chi connectivity index (χ2v) is 13.2. The third-order valence-corrected chi connectivity index (χ3v) is 7.53. The van der Waals surface area contributed by atoms with Gasteiger partial charge in [-0.3, -0.25) is 14.4 Å². The molecule has 39 heavy (non-hydrogen) atoms. The Bertz CT molecular complexity index is 1000.